The van der Waals surface area contributed by atoms with Crippen LogP contribution in [0.3, 0.4) is 0 Å². The molecule has 0 unspecified atom stereocenters. The van der Waals surface area contributed by atoms with Crippen LogP contribution in [0.15, 0.2) is 47.5 Å². The largest absolute Gasteiger partial charge is 0.493 e. The molecule has 0 radical (unpaired) electrons. The summed E-state index contributed by atoms with van der Waals surface area (Å²) in [4.78, 5) is 0. The van der Waals surface area contributed by atoms with Crippen LogP contribution >= 0.6 is 0 Å². The lowest BCUT2D eigenvalue weighted by molar-refractivity contribution is -0.345. The van der Waals surface area contributed by atoms with E-state index in [1.807, 2.05) is 0 Å². The van der Waals surface area contributed by atoms with Crippen LogP contribution in [-0.2, 0) is 25.7 Å². The van der Waals surface area contributed by atoms with Crippen molar-refractivity contribution in [2.45, 2.75) is 363 Å². The number of unbranched alkanes of at least 4 members (excludes halogenated alkanes) is 36. The molecular formula is C76H124N2. The van der Waals surface area contributed by atoms with E-state index in [0.29, 0.717) is 0 Å². The third-order valence-electron chi connectivity index (χ3n) is 17.0. The second-order valence-corrected chi connectivity index (χ2v) is 24.2. The molecule has 1 heterocycles. The minimum absolute atomic E-state index is 0.858. The van der Waals surface area contributed by atoms with Gasteiger partial charge in [-0.05, 0) is 111 Å². The van der Waals surface area contributed by atoms with Crippen molar-refractivity contribution in [3.05, 3.63) is 86.5 Å². The second kappa shape index (κ2) is 48.4. The van der Waals surface area contributed by atoms with Crippen molar-refractivity contribution in [2.24, 2.45) is 0 Å². The summed E-state index contributed by atoms with van der Waals surface area (Å²) in [5.74, 6) is 14.4. The zero-order valence-corrected chi connectivity index (χ0v) is 52.7. The van der Waals surface area contributed by atoms with Crippen LogP contribution in [-0.4, -0.2) is 4.70 Å². The molecule has 0 saturated heterocycles. The van der Waals surface area contributed by atoms with Crippen molar-refractivity contribution in [3.8, 4) is 23.7 Å². The molecule has 0 N–H and O–H groups in total. The number of hydrogen-bond donors (Lipinski definition) is 0. The maximum atomic E-state index is 13.1. The molecule has 0 atom stereocenters. The van der Waals surface area contributed by atoms with E-state index in [9.17, 15) is 5.53 Å². The summed E-state index contributed by atoms with van der Waals surface area (Å²) in [6, 6.07) is 14.5. The Morgan fingerprint density at radius 2 is 0.551 bits per heavy atom. The molecule has 3 rings (SSSR count). The monoisotopic (exact) mass is 1060 g/mol. The Labute approximate surface area is 486 Å². The van der Waals surface area contributed by atoms with Gasteiger partial charge < -0.3 is 5.53 Å². The van der Waals surface area contributed by atoms with E-state index in [1.54, 1.807) is 4.70 Å². The number of rotatable bonds is 50. The van der Waals surface area contributed by atoms with E-state index in [-0.39, 0.29) is 0 Å². The molecule has 438 valence electrons. The number of hydrogen-bond acceptors (Lipinski definition) is 0. The molecule has 0 spiro atoms. The molecule has 0 fully saturated rings. The lowest BCUT2D eigenvalue weighted by atomic mass is 9.88. The molecule has 0 aliphatic carbocycles. The standard InChI is InChI=1S/C76H124N2/c1-7-13-19-22-24-26-28-30-32-34-36-38-40-42-44-46-48-50-52-57-69-63-61-67(55-16-10-4)65-73(69)75-71(59-18-12-6)72(60-54-21-15-9-3)76(78(75)77)74-66-68(56-17-11-5)62-64-70(74)58-53-51-49-47-45-43-41-39-37-35-33-31-29-27-25-23-20-14-8-2/h61-66H,7-47,52-60H2,1-6H3. The highest BCUT2D eigenvalue weighted by molar-refractivity contribution is 5.84. The van der Waals surface area contributed by atoms with Crippen molar-refractivity contribution in [1.29, 1.82) is 0 Å². The van der Waals surface area contributed by atoms with E-state index in [4.69, 9.17) is 0 Å². The minimum Gasteiger partial charge on any atom is -0.493 e. The van der Waals surface area contributed by atoms with E-state index >= 15 is 0 Å². The molecule has 2 heteroatoms. The van der Waals surface area contributed by atoms with E-state index in [1.165, 1.54) is 282 Å². The first-order chi connectivity index (χ1) is 38.5. The van der Waals surface area contributed by atoms with Crippen molar-refractivity contribution >= 4 is 11.4 Å². The van der Waals surface area contributed by atoms with Crippen molar-refractivity contribution in [2.75, 3.05) is 0 Å². The Balaban J connectivity index is 1.72. The predicted octanol–water partition coefficient (Wildman–Crippen LogP) is 25.1. The van der Waals surface area contributed by atoms with Gasteiger partial charge in [-0.15, -0.1) is 23.7 Å². The Bertz CT molecular complexity index is 2020. The molecule has 2 aromatic carbocycles. The van der Waals surface area contributed by atoms with E-state index in [2.05, 4.69) is 102 Å². The SMILES string of the molecule is CCCCCCCCCCCCCCCCCC#CCCc1ccc(CCCC)cc1C1=C(CCCC)C(CCCCCC)=C(c2cc(CCCC)ccc2CCC#CCCCCCCCCCCCCCCCCC)[N+]1=[N-]. The van der Waals surface area contributed by atoms with Gasteiger partial charge in [0.1, 0.15) is 0 Å². The van der Waals surface area contributed by atoms with Gasteiger partial charge in [-0.25, -0.2) is 4.70 Å². The lowest BCUT2D eigenvalue weighted by Gasteiger charge is -2.16. The molecule has 0 amide bonds. The Morgan fingerprint density at radius 3 is 0.885 bits per heavy atom. The maximum Gasteiger partial charge on any atom is 0.211 e. The van der Waals surface area contributed by atoms with Gasteiger partial charge in [0.2, 0.25) is 11.4 Å². The van der Waals surface area contributed by atoms with E-state index < -0.39 is 0 Å². The zero-order chi connectivity index (χ0) is 55.8. The van der Waals surface area contributed by atoms with Gasteiger partial charge in [0.15, 0.2) is 0 Å². The summed E-state index contributed by atoms with van der Waals surface area (Å²) >= 11 is 0. The highest BCUT2D eigenvalue weighted by Crippen LogP contribution is 2.46. The number of aryl methyl sites for hydroxylation is 4. The molecule has 1 aliphatic rings. The van der Waals surface area contributed by atoms with E-state index in [0.717, 1.165) is 94.9 Å². The average Bonchev–Trinajstić information content (AvgIpc) is 3.83. The average molecular weight is 1070 g/mol. The summed E-state index contributed by atoms with van der Waals surface area (Å²) in [7, 11) is 0. The van der Waals surface area contributed by atoms with Gasteiger partial charge >= 0.3 is 0 Å². The van der Waals surface area contributed by atoms with Crippen LogP contribution in [0.1, 0.15) is 370 Å². The zero-order valence-electron chi connectivity index (χ0n) is 52.7. The molecule has 78 heavy (non-hydrogen) atoms. The summed E-state index contributed by atoms with van der Waals surface area (Å²) < 4.78 is 1.70. The molecule has 2 aromatic rings. The number of allylic oxidation sites excluding steroid dienone is 2. The van der Waals surface area contributed by atoms with Gasteiger partial charge in [0.25, 0.3) is 0 Å². The van der Waals surface area contributed by atoms with Gasteiger partial charge in [0.05, 0.1) is 0 Å². The van der Waals surface area contributed by atoms with Crippen LogP contribution < -0.4 is 0 Å². The van der Waals surface area contributed by atoms with Crippen LogP contribution in [0, 0.1) is 23.7 Å². The molecule has 0 saturated carbocycles. The lowest BCUT2D eigenvalue weighted by Crippen LogP contribution is -2.08. The van der Waals surface area contributed by atoms with Gasteiger partial charge in [-0.2, -0.15) is 0 Å². The topological polar surface area (TPSA) is 25.3 Å². The highest BCUT2D eigenvalue weighted by Gasteiger charge is 2.37. The van der Waals surface area contributed by atoms with Crippen LogP contribution in [0.2, 0.25) is 0 Å². The van der Waals surface area contributed by atoms with Gasteiger partial charge in [-0.1, -0.05) is 284 Å². The first-order valence-corrected chi connectivity index (χ1v) is 34.7. The quantitative estimate of drug-likeness (QED) is 0.0358. The fourth-order valence-electron chi connectivity index (χ4n) is 11.9. The summed E-state index contributed by atoms with van der Waals surface area (Å²) in [6.07, 6.45) is 63.4. The highest BCUT2D eigenvalue weighted by atomic mass is 15.2. The summed E-state index contributed by atoms with van der Waals surface area (Å²) in [5.41, 5.74) is 25.9. The fourth-order valence-corrected chi connectivity index (χ4v) is 11.9. The van der Waals surface area contributed by atoms with Crippen molar-refractivity contribution in [1.82, 2.24) is 0 Å². The normalized spacial score (nSPS) is 12.5. The third kappa shape index (κ3) is 30.5. The van der Waals surface area contributed by atoms with Gasteiger partial charge in [-0.3, -0.25) is 0 Å². The first-order valence-electron chi connectivity index (χ1n) is 34.7. The van der Waals surface area contributed by atoms with Crippen LogP contribution in [0.4, 0.5) is 0 Å². The molecule has 2 nitrogen and oxygen atoms in total. The maximum absolute atomic E-state index is 13.1. The van der Waals surface area contributed by atoms with Crippen LogP contribution in [0.25, 0.3) is 16.9 Å². The van der Waals surface area contributed by atoms with Crippen molar-refractivity contribution in [3.63, 3.8) is 0 Å². The molecular weight excluding hydrogens is 941 g/mol. The molecule has 0 aromatic heterocycles. The summed E-state index contributed by atoms with van der Waals surface area (Å²) in [6.45, 7) is 13.8. The van der Waals surface area contributed by atoms with Crippen molar-refractivity contribution < 1.29 is 4.70 Å². The number of benzene rings is 2. The smallest absolute Gasteiger partial charge is 0.211 e. The Hall–Kier alpha value is -3.36. The summed E-state index contributed by atoms with van der Waals surface area (Å²) in [5, 5.41) is 0. The molecule has 1 aliphatic heterocycles. The fraction of sp³-hybridized carbons (Fsp3) is 0.737. The molecule has 0 bridgehead atoms. The Kier molecular flexibility index (Phi) is 42.7. The second-order valence-electron chi connectivity index (χ2n) is 24.2. The first kappa shape index (κ1) is 68.9. The predicted molar refractivity (Wildman–Crippen MR) is 347 cm³/mol. The minimum atomic E-state index is 0.858. The third-order valence-corrected chi connectivity index (χ3v) is 17.0. The van der Waals surface area contributed by atoms with Crippen LogP contribution in [0.5, 0.6) is 0 Å². The Morgan fingerprint density at radius 1 is 0.282 bits per heavy atom. The van der Waals surface area contributed by atoms with Gasteiger partial charge in [0, 0.05) is 48.0 Å². The number of nitrogens with zero attached hydrogens (tertiary/aromatic N) is 2.